The number of rotatable bonds is 10. The van der Waals surface area contributed by atoms with Gasteiger partial charge in [-0.15, -0.1) is 11.3 Å². The minimum atomic E-state index is -0.753. The number of thiazole rings is 1. The van der Waals surface area contributed by atoms with Crippen molar-refractivity contribution in [1.82, 2.24) is 10.3 Å². The fourth-order valence-corrected chi connectivity index (χ4v) is 2.92. The maximum atomic E-state index is 11.8. The Bertz CT molecular complexity index is 622. The summed E-state index contributed by atoms with van der Waals surface area (Å²) in [6, 6.07) is 1.84. The number of hydrogen-bond acceptors (Lipinski definition) is 5. The molecule has 2 N–H and O–H groups in total. The number of unbranched alkanes of at least 4 members (excludes halogenated alkanes) is 3. The number of aromatic nitrogens is 1. The molecule has 1 amide bonds. The molecule has 6 nitrogen and oxygen atoms in total. The average molecular weight is 336 g/mol. The molecule has 0 aliphatic rings. The number of furan rings is 1. The van der Waals surface area contributed by atoms with Gasteiger partial charge in [0.1, 0.15) is 11.3 Å². The maximum absolute atomic E-state index is 11.8. The highest BCUT2D eigenvalue weighted by molar-refractivity contribution is 7.13. The Balaban J connectivity index is 1.61. The Labute approximate surface area is 138 Å². The van der Waals surface area contributed by atoms with Crippen LogP contribution in [0.5, 0.6) is 0 Å². The standard InChI is InChI=1S/C16H20N2O4S/c19-14(17-7-4-2-1-3-5-15(20)21)9-13-11-23-16(18-13)12-6-8-22-10-12/h6,8,10-11H,1-5,7,9H2,(H,17,19)(H,20,21). The number of amides is 1. The summed E-state index contributed by atoms with van der Waals surface area (Å²) >= 11 is 1.49. The van der Waals surface area contributed by atoms with Crippen LogP contribution in [-0.2, 0) is 16.0 Å². The average Bonchev–Trinajstić information content (AvgIpc) is 3.16. The van der Waals surface area contributed by atoms with Gasteiger partial charge >= 0.3 is 5.97 Å². The quantitative estimate of drug-likeness (QED) is 0.650. The van der Waals surface area contributed by atoms with Gasteiger partial charge in [-0.05, 0) is 18.9 Å². The zero-order valence-corrected chi connectivity index (χ0v) is 13.6. The van der Waals surface area contributed by atoms with Gasteiger partial charge in [0.2, 0.25) is 5.91 Å². The zero-order valence-electron chi connectivity index (χ0n) is 12.8. The van der Waals surface area contributed by atoms with E-state index >= 15 is 0 Å². The van der Waals surface area contributed by atoms with Gasteiger partial charge in [0.05, 0.1) is 18.4 Å². The van der Waals surface area contributed by atoms with Crippen molar-refractivity contribution >= 4 is 23.2 Å². The molecule has 0 atom stereocenters. The first kappa shape index (κ1) is 17.2. The van der Waals surface area contributed by atoms with Crippen LogP contribution >= 0.6 is 11.3 Å². The molecule has 2 heterocycles. The Morgan fingerprint density at radius 1 is 1.26 bits per heavy atom. The molecule has 0 unspecified atom stereocenters. The van der Waals surface area contributed by atoms with E-state index in [0.29, 0.717) is 13.0 Å². The number of nitrogens with zero attached hydrogens (tertiary/aromatic N) is 1. The summed E-state index contributed by atoms with van der Waals surface area (Å²) in [6.45, 7) is 0.616. The van der Waals surface area contributed by atoms with Crippen LogP contribution in [0.2, 0.25) is 0 Å². The van der Waals surface area contributed by atoms with Gasteiger partial charge in [0, 0.05) is 23.9 Å². The first-order valence-electron chi connectivity index (χ1n) is 7.60. The van der Waals surface area contributed by atoms with Crippen molar-refractivity contribution in [2.24, 2.45) is 0 Å². The molecule has 2 rings (SSSR count). The molecule has 23 heavy (non-hydrogen) atoms. The largest absolute Gasteiger partial charge is 0.481 e. The Hall–Kier alpha value is -2.15. The summed E-state index contributed by atoms with van der Waals surface area (Å²) in [5.74, 6) is -0.795. The summed E-state index contributed by atoms with van der Waals surface area (Å²) in [4.78, 5) is 26.6. The second-order valence-corrected chi connectivity index (χ2v) is 6.10. The minimum absolute atomic E-state index is 0.0421. The third kappa shape index (κ3) is 6.23. The lowest BCUT2D eigenvalue weighted by Gasteiger charge is -2.03. The monoisotopic (exact) mass is 336 g/mol. The summed E-state index contributed by atoms with van der Waals surface area (Å²) < 4.78 is 5.02. The van der Waals surface area contributed by atoms with Crippen LogP contribution in [0.3, 0.4) is 0 Å². The van der Waals surface area contributed by atoms with Gasteiger partial charge in [0.15, 0.2) is 0 Å². The number of carbonyl (C=O) groups excluding carboxylic acids is 1. The molecule has 2 aromatic heterocycles. The molecule has 0 fully saturated rings. The van der Waals surface area contributed by atoms with E-state index in [9.17, 15) is 9.59 Å². The predicted molar refractivity (Wildman–Crippen MR) is 87.3 cm³/mol. The topological polar surface area (TPSA) is 92.4 Å². The number of carboxylic acid groups (broad SMARTS) is 1. The highest BCUT2D eigenvalue weighted by atomic mass is 32.1. The third-order valence-electron chi connectivity index (χ3n) is 3.30. The van der Waals surface area contributed by atoms with Gasteiger partial charge in [-0.3, -0.25) is 9.59 Å². The Morgan fingerprint density at radius 3 is 2.83 bits per heavy atom. The lowest BCUT2D eigenvalue weighted by molar-refractivity contribution is -0.137. The molecule has 124 valence electrons. The number of aliphatic carboxylic acids is 1. The number of carboxylic acids is 1. The van der Waals surface area contributed by atoms with E-state index in [2.05, 4.69) is 10.3 Å². The van der Waals surface area contributed by atoms with Crippen molar-refractivity contribution in [3.05, 3.63) is 29.7 Å². The third-order valence-corrected chi connectivity index (χ3v) is 4.24. The summed E-state index contributed by atoms with van der Waals surface area (Å²) in [7, 11) is 0. The number of carbonyl (C=O) groups is 2. The van der Waals surface area contributed by atoms with Crippen molar-refractivity contribution in [3.8, 4) is 10.6 Å². The first-order valence-corrected chi connectivity index (χ1v) is 8.48. The molecular weight excluding hydrogens is 316 g/mol. The lowest BCUT2D eigenvalue weighted by atomic mass is 10.1. The van der Waals surface area contributed by atoms with Gasteiger partial charge in [-0.25, -0.2) is 4.98 Å². The number of nitrogens with one attached hydrogen (secondary N) is 1. The van der Waals surface area contributed by atoms with E-state index in [-0.39, 0.29) is 18.7 Å². The van der Waals surface area contributed by atoms with Crippen molar-refractivity contribution in [2.75, 3.05) is 6.54 Å². The second kappa shape index (κ2) is 9.09. The predicted octanol–water partition coefficient (Wildman–Crippen LogP) is 3.10. The van der Waals surface area contributed by atoms with E-state index in [1.165, 1.54) is 11.3 Å². The van der Waals surface area contributed by atoms with E-state index in [1.807, 2.05) is 11.4 Å². The van der Waals surface area contributed by atoms with Crippen LogP contribution in [0.15, 0.2) is 28.4 Å². The molecule has 2 aromatic rings. The summed E-state index contributed by atoms with van der Waals surface area (Å²) in [6.07, 6.45) is 7.08. The molecule has 0 spiro atoms. The fraction of sp³-hybridized carbons (Fsp3) is 0.438. The molecule has 0 saturated carbocycles. The lowest BCUT2D eigenvalue weighted by Crippen LogP contribution is -2.26. The van der Waals surface area contributed by atoms with Crippen LogP contribution in [0.25, 0.3) is 10.6 Å². The minimum Gasteiger partial charge on any atom is -0.481 e. The van der Waals surface area contributed by atoms with E-state index < -0.39 is 5.97 Å². The summed E-state index contributed by atoms with van der Waals surface area (Å²) in [5, 5.41) is 14.1. The second-order valence-electron chi connectivity index (χ2n) is 5.24. The van der Waals surface area contributed by atoms with E-state index in [0.717, 1.165) is 35.5 Å². The molecule has 0 aromatic carbocycles. The zero-order chi connectivity index (χ0) is 16.5. The van der Waals surface area contributed by atoms with Crippen molar-refractivity contribution in [1.29, 1.82) is 0 Å². The van der Waals surface area contributed by atoms with Crippen molar-refractivity contribution < 1.29 is 19.1 Å². The fourth-order valence-electron chi connectivity index (χ4n) is 2.12. The van der Waals surface area contributed by atoms with Crippen LogP contribution < -0.4 is 5.32 Å². The van der Waals surface area contributed by atoms with Crippen LogP contribution in [0.4, 0.5) is 0 Å². The molecule has 7 heteroatoms. The Morgan fingerprint density at radius 2 is 2.09 bits per heavy atom. The molecule has 0 aliphatic carbocycles. The van der Waals surface area contributed by atoms with Gasteiger partial charge < -0.3 is 14.8 Å². The maximum Gasteiger partial charge on any atom is 0.303 e. The van der Waals surface area contributed by atoms with E-state index in [4.69, 9.17) is 9.52 Å². The molecule has 0 saturated heterocycles. The molecule has 0 bridgehead atoms. The Kier molecular flexibility index (Phi) is 6.80. The van der Waals surface area contributed by atoms with Gasteiger partial charge in [-0.2, -0.15) is 0 Å². The normalized spacial score (nSPS) is 10.6. The SMILES string of the molecule is O=C(O)CCCCCCNC(=O)Cc1csc(-c2ccoc2)n1. The van der Waals surface area contributed by atoms with Gasteiger partial charge in [-0.1, -0.05) is 12.8 Å². The highest BCUT2D eigenvalue weighted by Crippen LogP contribution is 2.23. The molecular formula is C16H20N2O4S. The smallest absolute Gasteiger partial charge is 0.303 e. The molecule has 0 radical (unpaired) electrons. The first-order chi connectivity index (χ1) is 11.1. The number of hydrogen-bond donors (Lipinski definition) is 2. The van der Waals surface area contributed by atoms with E-state index in [1.54, 1.807) is 12.5 Å². The highest BCUT2D eigenvalue weighted by Gasteiger charge is 2.09. The van der Waals surface area contributed by atoms with Crippen molar-refractivity contribution in [2.45, 2.75) is 38.5 Å². The molecule has 0 aliphatic heterocycles. The van der Waals surface area contributed by atoms with Crippen molar-refractivity contribution in [3.63, 3.8) is 0 Å². The van der Waals surface area contributed by atoms with Crippen LogP contribution in [0, 0.1) is 0 Å². The van der Waals surface area contributed by atoms with Crippen LogP contribution in [-0.4, -0.2) is 28.5 Å². The van der Waals surface area contributed by atoms with Crippen LogP contribution in [0.1, 0.15) is 37.8 Å². The summed E-state index contributed by atoms with van der Waals surface area (Å²) in [5.41, 5.74) is 1.67. The van der Waals surface area contributed by atoms with Gasteiger partial charge in [0.25, 0.3) is 0 Å².